The van der Waals surface area contributed by atoms with Crippen molar-refractivity contribution in [3.63, 3.8) is 0 Å². The van der Waals surface area contributed by atoms with Crippen LogP contribution in [0.2, 0.25) is 0 Å². The van der Waals surface area contributed by atoms with Crippen LogP contribution in [0.25, 0.3) is 0 Å². The average molecular weight is 403 g/mol. The molecule has 0 saturated carbocycles. The van der Waals surface area contributed by atoms with Gasteiger partial charge in [0.05, 0.1) is 0 Å². The summed E-state index contributed by atoms with van der Waals surface area (Å²) in [4.78, 5) is 12.6. The molecule has 1 fully saturated rings. The van der Waals surface area contributed by atoms with E-state index in [4.69, 9.17) is 5.41 Å². The maximum atomic E-state index is 13.5. The van der Waals surface area contributed by atoms with Gasteiger partial charge in [-0.25, -0.2) is 13.8 Å². The first-order valence-corrected chi connectivity index (χ1v) is 9.74. The van der Waals surface area contributed by atoms with E-state index in [2.05, 4.69) is 32.4 Å². The summed E-state index contributed by atoms with van der Waals surface area (Å²) in [6.07, 6.45) is 2.22. The summed E-state index contributed by atoms with van der Waals surface area (Å²) in [5, 5.41) is 14.5. The first-order chi connectivity index (χ1) is 13.9. The Morgan fingerprint density at radius 1 is 1.28 bits per heavy atom. The summed E-state index contributed by atoms with van der Waals surface area (Å²) in [5.74, 6) is -0.971. The molecule has 9 heteroatoms. The van der Waals surface area contributed by atoms with E-state index in [9.17, 15) is 8.78 Å². The van der Waals surface area contributed by atoms with Gasteiger partial charge in [-0.15, -0.1) is 0 Å². The van der Waals surface area contributed by atoms with Crippen LogP contribution in [0.1, 0.15) is 25.5 Å². The Labute approximate surface area is 169 Å². The summed E-state index contributed by atoms with van der Waals surface area (Å²) >= 11 is 0. The number of guanidine groups is 1. The molecular formula is C20H27F2N7. The van der Waals surface area contributed by atoms with E-state index >= 15 is 0 Å². The number of nitrogens with zero attached hydrogens (tertiary/aromatic N) is 4. The van der Waals surface area contributed by atoms with E-state index in [1.165, 1.54) is 11.0 Å². The molecule has 1 aromatic carbocycles. The molecule has 0 radical (unpaired) electrons. The monoisotopic (exact) mass is 403 g/mol. The quantitative estimate of drug-likeness (QED) is 0.524. The third kappa shape index (κ3) is 5.38. The lowest BCUT2D eigenvalue weighted by molar-refractivity contribution is 0.226. The van der Waals surface area contributed by atoms with E-state index in [-0.39, 0.29) is 11.9 Å². The highest BCUT2D eigenvalue weighted by molar-refractivity contribution is 6.02. The van der Waals surface area contributed by atoms with Gasteiger partial charge >= 0.3 is 0 Å². The lowest BCUT2D eigenvalue weighted by Crippen LogP contribution is -2.42. The number of likely N-dealkylation sites (N-methyl/N-ethyl adjacent to an activating group) is 1. The van der Waals surface area contributed by atoms with E-state index < -0.39 is 11.6 Å². The minimum absolute atomic E-state index is 0.0533. The van der Waals surface area contributed by atoms with Crippen molar-refractivity contribution < 1.29 is 8.78 Å². The molecule has 1 aliphatic rings. The highest BCUT2D eigenvalue weighted by Gasteiger charge is 2.19. The highest BCUT2D eigenvalue weighted by atomic mass is 19.2. The third-order valence-electron chi connectivity index (χ3n) is 5.02. The van der Waals surface area contributed by atoms with E-state index in [0.717, 1.165) is 50.3 Å². The van der Waals surface area contributed by atoms with Crippen LogP contribution in [0.15, 0.2) is 24.3 Å². The minimum Gasteiger partial charge on any atom is -0.366 e. The van der Waals surface area contributed by atoms with Crippen LogP contribution in [0, 0.1) is 24.0 Å². The molecule has 1 aromatic heterocycles. The average Bonchev–Trinajstić information content (AvgIpc) is 2.69. The maximum absolute atomic E-state index is 13.5. The number of anilines is 3. The SMILES string of the molecule is CCN1CCCC(Nc2cc(C)nc(NC(=N)N(C)c3ccc(F)c(F)c3)n2)C1. The van der Waals surface area contributed by atoms with Gasteiger partial charge < -0.3 is 15.1 Å². The predicted molar refractivity (Wildman–Crippen MR) is 112 cm³/mol. The van der Waals surface area contributed by atoms with Crippen LogP contribution in [0.3, 0.4) is 0 Å². The van der Waals surface area contributed by atoms with Crippen LogP contribution in [0.4, 0.5) is 26.2 Å². The maximum Gasteiger partial charge on any atom is 0.231 e. The summed E-state index contributed by atoms with van der Waals surface area (Å²) in [6.45, 7) is 7.14. The van der Waals surface area contributed by atoms with Crippen molar-refractivity contribution in [3.8, 4) is 0 Å². The van der Waals surface area contributed by atoms with Gasteiger partial charge in [-0.05, 0) is 45.0 Å². The number of likely N-dealkylation sites (tertiary alicyclic amines) is 1. The predicted octanol–water partition coefficient (Wildman–Crippen LogP) is 3.44. The zero-order valence-electron chi connectivity index (χ0n) is 17.0. The minimum atomic E-state index is -0.964. The fourth-order valence-electron chi connectivity index (χ4n) is 3.38. The number of rotatable bonds is 5. The lowest BCUT2D eigenvalue weighted by atomic mass is 10.1. The van der Waals surface area contributed by atoms with Crippen molar-refractivity contribution in [1.29, 1.82) is 5.41 Å². The third-order valence-corrected chi connectivity index (χ3v) is 5.02. The zero-order valence-corrected chi connectivity index (χ0v) is 17.0. The van der Waals surface area contributed by atoms with Crippen LogP contribution < -0.4 is 15.5 Å². The number of benzene rings is 1. The van der Waals surface area contributed by atoms with Gasteiger partial charge in [0.15, 0.2) is 11.6 Å². The van der Waals surface area contributed by atoms with Gasteiger partial charge in [0.25, 0.3) is 0 Å². The Bertz CT molecular complexity index is 874. The summed E-state index contributed by atoms with van der Waals surface area (Å²) < 4.78 is 26.6. The first-order valence-electron chi connectivity index (χ1n) is 9.74. The second-order valence-corrected chi connectivity index (χ2v) is 7.23. The molecule has 0 spiro atoms. The Kier molecular flexibility index (Phi) is 6.58. The van der Waals surface area contributed by atoms with Gasteiger partial charge in [0.2, 0.25) is 11.9 Å². The number of piperidine rings is 1. The first kappa shape index (κ1) is 20.9. The molecule has 1 atom stereocenters. The van der Waals surface area contributed by atoms with Crippen molar-refractivity contribution >= 4 is 23.4 Å². The summed E-state index contributed by atoms with van der Waals surface area (Å²) in [7, 11) is 1.58. The summed E-state index contributed by atoms with van der Waals surface area (Å²) in [6, 6.07) is 5.66. The number of nitrogens with one attached hydrogen (secondary N) is 3. The molecule has 0 amide bonds. The van der Waals surface area contributed by atoms with Crippen molar-refractivity contribution in [2.75, 3.05) is 42.2 Å². The molecule has 2 aromatic rings. The molecule has 0 aliphatic carbocycles. The second kappa shape index (κ2) is 9.13. The Balaban J connectivity index is 1.68. The topological polar surface area (TPSA) is 80.2 Å². The molecular weight excluding hydrogens is 376 g/mol. The number of halogens is 2. The zero-order chi connectivity index (χ0) is 21.0. The van der Waals surface area contributed by atoms with Gasteiger partial charge in [-0.3, -0.25) is 10.7 Å². The van der Waals surface area contributed by atoms with Crippen molar-refractivity contribution in [1.82, 2.24) is 14.9 Å². The molecule has 2 heterocycles. The standard InChI is InChI=1S/C20H27F2N7/c1-4-29-9-5-6-14(12-29)25-18-10-13(2)24-20(26-18)27-19(23)28(3)15-7-8-16(21)17(22)11-15/h7-8,10-11,14H,4-6,9,12H2,1-3H3,(H3,23,24,25,26,27). The fraction of sp³-hybridized carbons (Fsp3) is 0.450. The Morgan fingerprint density at radius 2 is 2.07 bits per heavy atom. The van der Waals surface area contributed by atoms with Crippen molar-refractivity contribution in [3.05, 3.63) is 41.6 Å². The molecule has 7 nitrogen and oxygen atoms in total. The Morgan fingerprint density at radius 3 is 2.79 bits per heavy atom. The van der Waals surface area contributed by atoms with Gasteiger partial charge in [0.1, 0.15) is 5.82 Å². The number of aromatic nitrogens is 2. The smallest absolute Gasteiger partial charge is 0.231 e. The summed E-state index contributed by atoms with van der Waals surface area (Å²) in [5.41, 5.74) is 1.10. The van der Waals surface area contributed by atoms with Crippen LogP contribution >= 0.6 is 0 Å². The van der Waals surface area contributed by atoms with Crippen LogP contribution in [-0.4, -0.2) is 53.6 Å². The number of aryl methyl sites for hydroxylation is 1. The van der Waals surface area contributed by atoms with Crippen LogP contribution in [0.5, 0.6) is 0 Å². The molecule has 29 heavy (non-hydrogen) atoms. The largest absolute Gasteiger partial charge is 0.366 e. The van der Waals surface area contributed by atoms with Gasteiger partial charge in [0, 0.05) is 43.1 Å². The van der Waals surface area contributed by atoms with Crippen molar-refractivity contribution in [2.24, 2.45) is 0 Å². The normalized spacial score (nSPS) is 17.1. The van der Waals surface area contributed by atoms with Crippen molar-refractivity contribution in [2.45, 2.75) is 32.7 Å². The molecule has 1 saturated heterocycles. The molecule has 0 bridgehead atoms. The number of hydrogen-bond acceptors (Lipinski definition) is 5. The molecule has 1 aliphatic heterocycles. The molecule has 1 unspecified atom stereocenters. The fourth-order valence-corrected chi connectivity index (χ4v) is 3.38. The highest BCUT2D eigenvalue weighted by Crippen LogP contribution is 2.19. The molecule has 3 rings (SSSR count). The van der Waals surface area contributed by atoms with Gasteiger partial charge in [-0.1, -0.05) is 6.92 Å². The van der Waals surface area contributed by atoms with E-state index in [1.54, 1.807) is 7.05 Å². The van der Waals surface area contributed by atoms with E-state index in [0.29, 0.717) is 17.5 Å². The van der Waals surface area contributed by atoms with Gasteiger partial charge in [-0.2, -0.15) is 4.98 Å². The Hall–Kier alpha value is -2.81. The van der Waals surface area contributed by atoms with E-state index in [1.807, 2.05) is 13.0 Å². The van der Waals surface area contributed by atoms with Crippen LogP contribution in [-0.2, 0) is 0 Å². The molecule has 156 valence electrons. The lowest BCUT2D eigenvalue weighted by Gasteiger charge is -2.32. The molecule has 3 N–H and O–H groups in total. The number of hydrogen-bond donors (Lipinski definition) is 3. The second-order valence-electron chi connectivity index (χ2n) is 7.23.